The summed E-state index contributed by atoms with van der Waals surface area (Å²) in [5, 5.41) is 9.29. The average Bonchev–Trinajstić information content (AvgIpc) is 2.37. The van der Waals surface area contributed by atoms with Crippen molar-refractivity contribution in [2.24, 2.45) is 0 Å². The van der Waals surface area contributed by atoms with E-state index >= 15 is 0 Å². The lowest BCUT2D eigenvalue weighted by atomic mass is 9.86. The van der Waals surface area contributed by atoms with Gasteiger partial charge in [-0.15, -0.1) is 0 Å². The summed E-state index contributed by atoms with van der Waals surface area (Å²) in [7, 11) is 0. The Morgan fingerprint density at radius 3 is 1.59 bits per heavy atom. The van der Waals surface area contributed by atoms with Crippen molar-refractivity contribution < 1.29 is 10.1 Å². The van der Waals surface area contributed by atoms with Crippen molar-refractivity contribution in [3.8, 4) is 0 Å². The van der Waals surface area contributed by atoms with Crippen molar-refractivity contribution in [1.82, 2.24) is 0 Å². The van der Waals surface area contributed by atoms with Crippen molar-refractivity contribution in [1.29, 1.82) is 0 Å². The van der Waals surface area contributed by atoms with Crippen LogP contribution in [-0.4, -0.2) is 10.9 Å². The maximum absolute atomic E-state index is 9.29. The van der Waals surface area contributed by atoms with E-state index in [1.807, 2.05) is 0 Å². The van der Waals surface area contributed by atoms with Crippen molar-refractivity contribution >= 4 is 0 Å². The molecule has 0 aliphatic heterocycles. The summed E-state index contributed by atoms with van der Waals surface area (Å²) in [6.45, 7) is 6.61. The van der Waals surface area contributed by atoms with Crippen LogP contribution in [0.4, 0.5) is 0 Å². The van der Waals surface area contributed by atoms with Gasteiger partial charge in [-0.05, 0) is 19.3 Å². The zero-order valence-corrected chi connectivity index (χ0v) is 12.1. The molecule has 0 radical (unpaired) electrons. The first kappa shape index (κ1) is 16.9. The summed E-state index contributed by atoms with van der Waals surface area (Å²) in [6.07, 6.45) is 12.7. The van der Waals surface area contributed by atoms with Gasteiger partial charge in [0.1, 0.15) is 5.60 Å². The molecule has 0 aromatic heterocycles. The normalized spacial score (nSPS) is 12.0. The van der Waals surface area contributed by atoms with Crippen LogP contribution in [-0.2, 0) is 4.89 Å². The zero-order valence-electron chi connectivity index (χ0n) is 12.1. The lowest BCUT2D eigenvalue weighted by Gasteiger charge is -2.30. The minimum absolute atomic E-state index is 0.250. The first-order chi connectivity index (χ1) is 8.24. The molecule has 0 saturated carbocycles. The van der Waals surface area contributed by atoms with Gasteiger partial charge in [0.15, 0.2) is 0 Å². The van der Waals surface area contributed by atoms with Gasteiger partial charge in [0.05, 0.1) is 0 Å². The van der Waals surface area contributed by atoms with Gasteiger partial charge in [0, 0.05) is 0 Å². The first-order valence-corrected chi connectivity index (χ1v) is 7.57. The largest absolute Gasteiger partial charge is 0.251 e. The van der Waals surface area contributed by atoms with Crippen LogP contribution in [0.3, 0.4) is 0 Å². The van der Waals surface area contributed by atoms with Crippen LogP contribution in [0.2, 0.25) is 0 Å². The predicted octanol–water partition coefficient (Wildman–Crippen LogP) is 5.57. The molecule has 0 saturated heterocycles. The monoisotopic (exact) mass is 244 g/mol. The number of unbranched alkanes of at least 4 members (excludes halogenated alkanes) is 5. The summed E-state index contributed by atoms with van der Waals surface area (Å²) >= 11 is 0. The summed E-state index contributed by atoms with van der Waals surface area (Å²) in [5.74, 6) is 0. The third-order valence-electron chi connectivity index (χ3n) is 3.65. The maximum Gasteiger partial charge on any atom is 0.103 e. The van der Waals surface area contributed by atoms with E-state index in [2.05, 4.69) is 20.8 Å². The molecule has 0 unspecified atom stereocenters. The Hall–Kier alpha value is -0.0800. The first-order valence-electron chi connectivity index (χ1n) is 7.57. The van der Waals surface area contributed by atoms with Gasteiger partial charge in [-0.3, -0.25) is 5.26 Å². The van der Waals surface area contributed by atoms with Crippen molar-refractivity contribution in [2.45, 2.75) is 97.0 Å². The van der Waals surface area contributed by atoms with Gasteiger partial charge in [0.2, 0.25) is 0 Å². The lowest BCUT2D eigenvalue weighted by molar-refractivity contribution is -0.330. The average molecular weight is 244 g/mol. The minimum atomic E-state index is -0.250. The van der Waals surface area contributed by atoms with Crippen molar-refractivity contribution in [3.63, 3.8) is 0 Å². The maximum atomic E-state index is 9.29. The van der Waals surface area contributed by atoms with E-state index in [4.69, 9.17) is 4.89 Å². The SMILES string of the molecule is CCCCCCC(CCCC)(CCCC)OO. The second-order valence-electron chi connectivity index (χ2n) is 5.29. The molecule has 0 aliphatic carbocycles. The van der Waals surface area contributed by atoms with Crippen LogP contribution in [0, 0.1) is 0 Å². The number of hydrogen-bond acceptors (Lipinski definition) is 2. The fraction of sp³-hybridized carbons (Fsp3) is 1.00. The summed E-state index contributed by atoms with van der Waals surface area (Å²) < 4.78 is 0. The number of rotatable bonds is 12. The molecule has 0 aromatic carbocycles. The van der Waals surface area contributed by atoms with Crippen LogP contribution < -0.4 is 0 Å². The molecule has 2 heteroatoms. The van der Waals surface area contributed by atoms with E-state index in [0.717, 1.165) is 32.1 Å². The molecule has 0 rings (SSSR count). The molecule has 0 spiro atoms. The third-order valence-corrected chi connectivity index (χ3v) is 3.65. The molecular weight excluding hydrogens is 212 g/mol. The van der Waals surface area contributed by atoms with Gasteiger partial charge in [-0.1, -0.05) is 72.1 Å². The molecule has 2 nitrogen and oxygen atoms in total. The smallest absolute Gasteiger partial charge is 0.103 e. The fourth-order valence-corrected chi connectivity index (χ4v) is 2.38. The number of hydrogen-bond donors (Lipinski definition) is 1. The van der Waals surface area contributed by atoms with Gasteiger partial charge in [-0.2, -0.15) is 0 Å². The highest BCUT2D eigenvalue weighted by Crippen LogP contribution is 2.31. The van der Waals surface area contributed by atoms with Crippen LogP contribution in [0.1, 0.15) is 91.4 Å². The van der Waals surface area contributed by atoms with E-state index in [9.17, 15) is 5.26 Å². The third kappa shape index (κ3) is 7.77. The van der Waals surface area contributed by atoms with E-state index in [-0.39, 0.29) is 5.60 Å². The Bertz CT molecular complexity index is 149. The summed E-state index contributed by atoms with van der Waals surface area (Å²) in [5.41, 5.74) is -0.250. The van der Waals surface area contributed by atoms with Crippen molar-refractivity contribution in [3.05, 3.63) is 0 Å². The zero-order chi connectivity index (χ0) is 13.0. The van der Waals surface area contributed by atoms with Crippen LogP contribution in [0.15, 0.2) is 0 Å². The molecule has 1 N–H and O–H groups in total. The Morgan fingerprint density at radius 2 is 1.18 bits per heavy atom. The molecule has 17 heavy (non-hydrogen) atoms. The standard InChI is InChI=1S/C15H32O2/c1-4-7-10-11-14-15(17-16,12-8-5-2)13-9-6-3/h16H,4-14H2,1-3H3. The molecule has 104 valence electrons. The van der Waals surface area contributed by atoms with Gasteiger partial charge >= 0.3 is 0 Å². The Morgan fingerprint density at radius 1 is 0.706 bits per heavy atom. The molecular formula is C15H32O2. The predicted molar refractivity (Wildman–Crippen MR) is 74.3 cm³/mol. The minimum Gasteiger partial charge on any atom is -0.251 e. The molecule has 0 heterocycles. The van der Waals surface area contributed by atoms with E-state index in [0.29, 0.717) is 0 Å². The van der Waals surface area contributed by atoms with E-state index in [1.54, 1.807) is 0 Å². The van der Waals surface area contributed by atoms with E-state index in [1.165, 1.54) is 38.5 Å². The quantitative estimate of drug-likeness (QED) is 0.276. The van der Waals surface area contributed by atoms with E-state index < -0.39 is 0 Å². The molecule has 0 aliphatic rings. The van der Waals surface area contributed by atoms with Gasteiger partial charge < -0.3 is 0 Å². The summed E-state index contributed by atoms with van der Waals surface area (Å²) in [4.78, 5) is 4.92. The van der Waals surface area contributed by atoms with Gasteiger partial charge in [0.25, 0.3) is 0 Å². The van der Waals surface area contributed by atoms with Gasteiger partial charge in [-0.25, -0.2) is 4.89 Å². The van der Waals surface area contributed by atoms with Crippen LogP contribution in [0.25, 0.3) is 0 Å². The highest BCUT2D eigenvalue weighted by Gasteiger charge is 2.29. The summed E-state index contributed by atoms with van der Waals surface area (Å²) in [6, 6.07) is 0. The molecule has 0 aromatic rings. The second kappa shape index (κ2) is 11.0. The molecule has 0 atom stereocenters. The molecule has 0 amide bonds. The molecule has 0 fully saturated rings. The second-order valence-corrected chi connectivity index (χ2v) is 5.29. The van der Waals surface area contributed by atoms with Crippen LogP contribution >= 0.6 is 0 Å². The van der Waals surface area contributed by atoms with Crippen LogP contribution in [0.5, 0.6) is 0 Å². The lowest BCUT2D eigenvalue weighted by Crippen LogP contribution is -2.31. The Balaban J connectivity index is 4.12. The Labute approximate surface area is 108 Å². The topological polar surface area (TPSA) is 29.5 Å². The fourth-order valence-electron chi connectivity index (χ4n) is 2.38. The molecule has 0 bridgehead atoms. The Kier molecular flexibility index (Phi) is 11.0. The van der Waals surface area contributed by atoms with Crippen molar-refractivity contribution in [2.75, 3.05) is 0 Å². The highest BCUT2D eigenvalue weighted by molar-refractivity contribution is 4.79. The highest BCUT2D eigenvalue weighted by atomic mass is 17.1.